The van der Waals surface area contributed by atoms with E-state index in [1.165, 1.54) is 38.6 Å². The van der Waals surface area contributed by atoms with Crippen molar-refractivity contribution in [2.24, 2.45) is 5.92 Å². The van der Waals surface area contributed by atoms with Crippen molar-refractivity contribution in [3.8, 4) is 0 Å². The number of ether oxygens (including phenoxy) is 1. The number of methoxy groups -OCH3 is 1. The molecule has 0 spiro atoms. The van der Waals surface area contributed by atoms with E-state index in [0.29, 0.717) is 12.6 Å². The first-order valence-electron chi connectivity index (χ1n) is 7.45. The van der Waals surface area contributed by atoms with Gasteiger partial charge in [0.05, 0.1) is 12.7 Å². The van der Waals surface area contributed by atoms with Crippen LogP contribution in [-0.2, 0) is 4.74 Å². The topological polar surface area (TPSA) is 53.5 Å². The van der Waals surface area contributed by atoms with Gasteiger partial charge in [0.1, 0.15) is 0 Å². The van der Waals surface area contributed by atoms with Crippen LogP contribution in [0.1, 0.15) is 38.5 Å². The highest BCUT2D eigenvalue weighted by Crippen LogP contribution is 2.31. The number of hydrogen-bond acceptors (Lipinski definition) is 4. The zero-order valence-electron chi connectivity index (χ0n) is 11.5. The summed E-state index contributed by atoms with van der Waals surface area (Å²) >= 11 is 0. The van der Waals surface area contributed by atoms with Crippen LogP contribution >= 0.6 is 0 Å². The lowest BCUT2D eigenvalue weighted by Crippen LogP contribution is -2.43. The van der Waals surface area contributed by atoms with Gasteiger partial charge in [0.2, 0.25) is 0 Å². The Kier molecular flexibility index (Phi) is 5.89. The monoisotopic (exact) mass is 256 g/mol. The van der Waals surface area contributed by atoms with E-state index in [0.717, 1.165) is 24.9 Å². The van der Waals surface area contributed by atoms with Crippen LogP contribution in [0.5, 0.6) is 0 Å². The van der Waals surface area contributed by atoms with Gasteiger partial charge in [-0.1, -0.05) is 6.42 Å². The summed E-state index contributed by atoms with van der Waals surface area (Å²) in [4.78, 5) is 0. The van der Waals surface area contributed by atoms with Crippen molar-refractivity contribution in [1.82, 2.24) is 10.6 Å². The zero-order valence-corrected chi connectivity index (χ0v) is 11.5. The maximum atomic E-state index is 9.62. The summed E-state index contributed by atoms with van der Waals surface area (Å²) in [5, 5.41) is 16.9. The fourth-order valence-corrected chi connectivity index (χ4v) is 3.51. The van der Waals surface area contributed by atoms with E-state index in [1.54, 1.807) is 7.11 Å². The second kappa shape index (κ2) is 7.43. The molecule has 0 aromatic rings. The average molecular weight is 256 g/mol. The molecule has 3 N–H and O–H groups in total. The van der Waals surface area contributed by atoms with Crippen LogP contribution in [0.15, 0.2) is 0 Å². The third-order valence-corrected chi connectivity index (χ3v) is 4.43. The Morgan fingerprint density at radius 2 is 2.22 bits per heavy atom. The summed E-state index contributed by atoms with van der Waals surface area (Å²) in [6.07, 6.45) is 7.14. The van der Waals surface area contributed by atoms with Crippen molar-refractivity contribution in [3.05, 3.63) is 0 Å². The molecule has 4 heteroatoms. The molecule has 0 aromatic carbocycles. The fraction of sp³-hybridized carbons (Fsp3) is 1.00. The van der Waals surface area contributed by atoms with E-state index in [2.05, 4.69) is 10.6 Å². The first kappa shape index (κ1) is 14.3. The Balaban J connectivity index is 1.67. The first-order chi connectivity index (χ1) is 8.81. The minimum atomic E-state index is -0.327. The molecule has 1 saturated heterocycles. The Bertz CT molecular complexity index is 232. The van der Waals surface area contributed by atoms with Crippen LogP contribution in [0.25, 0.3) is 0 Å². The maximum absolute atomic E-state index is 9.62. The quantitative estimate of drug-likeness (QED) is 0.633. The van der Waals surface area contributed by atoms with E-state index in [9.17, 15) is 5.11 Å². The van der Waals surface area contributed by atoms with Crippen LogP contribution in [0.3, 0.4) is 0 Å². The van der Waals surface area contributed by atoms with Gasteiger partial charge in [-0.05, 0) is 51.1 Å². The molecule has 4 unspecified atom stereocenters. The molecule has 106 valence electrons. The van der Waals surface area contributed by atoms with E-state index < -0.39 is 0 Å². The molecule has 2 fully saturated rings. The number of rotatable bonds is 7. The van der Waals surface area contributed by atoms with Gasteiger partial charge in [-0.3, -0.25) is 0 Å². The number of aliphatic hydroxyl groups excluding tert-OH is 1. The van der Waals surface area contributed by atoms with Crippen LogP contribution < -0.4 is 10.6 Å². The van der Waals surface area contributed by atoms with Crippen molar-refractivity contribution >= 4 is 0 Å². The first-order valence-corrected chi connectivity index (χ1v) is 7.45. The lowest BCUT2D eigenvalue weighted by Gasteiger charge is -2.27. The lowest BCUT2D eigenvalue weighted by molar-refractivity contribution is 0.0586. The second-order valence-corrected chi connectivity index (χ2v) is 5.76. The minimum absolute atomic E-state index is 0.327. The smallest absolute Gasteiger partial charge is 0.0785 e. The summed E-state index contributed by atoms with van der Waals surface area (Å²) in [5.41, 5.74) is 0. The average Bonchev–Trinajstić information content (AvgIpc) is 2.98. The predicted octanol–water partition coefficient (Wildman–Crippen LogP) is 0.894. The molecular formula is C14H28N2O2. The third-order valence-electron chi connectivity index (χ3n) is 4.43. The molecule has 1 aliphatic heterocycles. The molecule has 18 heavy (non-hydrogen) atoms. The summed E-state index contributed by atoms with van der Waals surface area (Å²) in [6.45, 7) is 2.54. The molecular weight excluding hydrogens is 228 g/mol. The second-order valence-electron chi connectivity index (χ2n) is 5.76. The molecule has 2 aliphatic rings. The van der Waals surface area contributed by atoms with Gasteiger partial charge in [0.25, 0.3) is 0 Å². The van der Waals surface area contributed by atoms with E-state index in [-0.39, 0.29) is 6.10 Å². The molecule has 0 radical (unpaired) electrons. The van der Waals surface area contributed by atoms with Gasteiger partial charge in [-0.2, -0.15) is 0 Å². The van der Waals surface area contributed by atoms with Gasteiger partial charge in [-0.25, -0.2) is 0 Å². The SMILES string of the molecule is COCC(O)CCNC1CCCC1C1CCCN1. The number of nitrogens with one attached hydrogen (secondary N) is 2. The molecule has 0 aromatic heterocycles. The number of hydrogen-bond donors (Lipinski definition) is 3. The lowest BCUT2D eigenvalue weighted by atomic mass is 9.93. The van der Waals surface area contributed by atoms with Gasteiger partial charge < -0.3 is 20.5 Å². The summed E-state index contributed by atoms with van der Waals surface area (Å²) in [6, 6.07) is 1.38. The molecule has 4 nitrogen and oxygen atoms in total. The van der Waals surface area contributed by atoms with Crippen LogP contribution in [0.4, 0.5) is 0 Å². The Morgan fingerprint density at radius 3 is 2.94 bits per heavy atom. The van der Waals surface area contributed by atoms with Gasteiger partial charge in [0, 0.05) is 19.2 Å². The molecule has 2 rings (SSSR count). The van der Waals surface area contributed by atoms with Crippen LogP contribution in [0.2, 0.25) is 0 Å². The van der Waals surface area contributed by atoms with Crippen molar-refractivity contribution in [3.63, 3.8) is 0 Å². The summed E-state index contributed by atoms with van der Waals surface area (Å²) in [5.74, 6) is 0.798. The standard InChI is InChI=1S/C14H28N2O2/c1-18-10-11(17)7-9-16-13-5-2-4-12(13)14-6-3-8-15-14/h11-17H,2-10H2,1H3. The Labute approximate surface area is 110 Å². The Hall–Kier alpha value is -0.160. The van der Waals surface area contributed by atoms with E-state index in [4.69, 9.17) is 4.74 Å². The highest BCUT2D eigenvalue weighted by Gasteiger charge is 2.34. The van der Waals surface area contributed by atoms with Gasteiger partial charge in [-0.15, -0.1) is 0 Å². The molecule has 1 saturated carbocycles. The van der Waals surface area contributed by atoms with Crippen molar-refractivity contribution in [2.75, 3.05) is 26.8 Å². The van der Waals surface area contributed by atoms with Gasteiger partial charge in [0.15, 0.2) is 0 Å². The fourth-order valence-electron chi connectivity index (χ4n) is 3.51. The van der Waals surface area contributed by atoms with E-state index >= 15 is 0 Å². The highest BCUT2D eigenvalue weighted by molar-refractivity contribution is 4.93. The van der Waals surface area contributed by atoms with Gasteiger partial charge >= 0.3 is 0 Å². The minimum Gasteiger partial charge on any atom is -0.391 e. The summed E-state index contributed by atoms with van der Waals surface area (Å²) < 4.78 is 4.94. The van der Waals surface area contributed by atoms with Crippen molar-refractivity contribution in [2.45, 2.75) is 56.7 Å². The molecule has 1 heterocycles. The Morgan fingerprint density at radius 1 is 1.33 bits per heavy atom. The molecule has 0 bridgehead atoms. The zero-order chi connectivity index (χ0) is 12.8. The third kappa shape index (κ3) is 3.92. The molecule has 4 atom stereocenters. The highest BCUT2D eigenvalue weighted by atomic mass is 16.5. The number of aliphatic hydroxyl groups is 1. The van der Waals surface area contributed by atoms with Crippen LogP contribution in [-0.4, -0.2) is 50.1 Å². The van der Waals surface area contributed by atoms with E-state index in [1.807, 2.05) is 0 Å². The van der Waals surface area contributed by atoms with Crippen molar-refractivity contribution in [1.29, 1.82) is 0 Å². The maximum Gasteiger partial charge on any atom is 0.0785 e. The normalized spacial score (nSPS) is 34.0. The van der Waals surface area contributed by atoms with Crippen LogP contribution in [0, 0.1) is 5.92 Å². The predicted molar refractivity (Wildman–Crippen MR) is 72.7 cm³/mol. The largest absolute Gasteiger partial charge is 0.391 e. The molecule has 1 aliphatic carbocycles. The van der Waals surface area contributed by atoms with Crippen molar-refractivity contribution < 1.29 is 9.84 Å². The molecule has 0 amide bonds. The summed E-state index contributed by atoms with van der Waals surface area (Å²) in [7, 11) is 1.63.